The van der Waals surface area contributed by atoms with E-state index in [1.807, 2.05) is 6.92 Å². The summed E-state index contributed by atoms with van der Waals surface area (Å²) < 4.78 is 79.6. The van der Waals surface area contributed by atoms with Gasteiger partial charge in [0.15, 0.2) is 5.69 Å². The van der Waals surface area contributed by atoms with Crippen LogP contribution in [-0.2, 0) is 30.5 Å². The van der Waals surface area contributed by atoms with Gasteiger partial charge in [-0.05, 0) is 55.3 Å². The van der Waals surface area contributed by atoms with E-state index in [1.165, 1.54) is 38.2 Å². The lowest BCUT2D eigenvalue weighted by molar-refractivity contribution is -0.716. The molecule has 18 heteroatoms. The number of hydrazine groups is 1. The third-order valence-electron chi connectivity index (χ3n) is 7.41. The Bertz CT molecular complexity index is 1950. The first-order valence-corrected chi connectivity index (χ1v) is 16.8. The van der Waals surface area contributed by atoms with E-state index in [1.54, 1.807) is 61.0 Å². The Morgan fingerprint density at radius 2 is 1.65 bits per heavy atom. The molecule has 51 heavy (non-hydrogen) atoms. The second kappa shape index (κ2) is 15.9. The molecule has 0 saturated carbocycles. The molecule has 14 nitrogen and oxygen atoms in total. The molecular formula is C33H35F3N6O8S. The van der Waals surface area contributed by atoms with E-state index in [0.29, 0.717) is 5.56 Å². The number of hydrogen-bond acceptors (Lipinski definition) is 10. The number of hydrogen-bond donors (Lipinski definition) is 1. The van der Waals surface area contributed by atoms with Crippen LogP contribution in [0.4, 0.5) is 18.0 Å². The van der Waals surface area contributed by atoms with Gasteiger partial charge in [0.25, 0.3) is 16.3 Å². The number of halogens is 3. The van der Waals surface area contributed by atoms with Crippen molar-refractivity contribution in [1.82, 2.24) is 19.5 Å². The molecule has 1 aromatic heterocycles. The van der Waals surface area contributed by atoms with Gasteiger partial charge in [-0.15, -0.1) is 5.01 Å². The summed E-state index contributed by atoms with van der Waals surface area (Å²) in [5.74, 6) is -1.02. The van der Waals surface area contributed by atoms with Crippen LogP contribution in [0.1, 0.15) is 42.4 Å². The van der Waals surface area contributed by atoms with Crippen molar-refractivity contribution >= 4 is 22.1 Å². The smallest absolute Gasteiger partial charge is 0.435 e. The van der Waals surface area contributed by atoms with Gasteiger partial charge in [-0.2, -0.15) is 18.3 Å². The van der Waals surface area contributed by atoms with E-state index < -0.39 is 52.9 Å². The number of aromatic nitrogens is 2. The number of nitrogens with one attached hydrogen (secondary N) is 1. The molecular weight excluding hydrogens is 697 g/mol. The maximum absolute atomic E-state index is 13.6. The zero-order valence-electron chi connectivity index (χ0n) is 28.1. The summed E-state index contributed by atoms with van der Waals surface area (Å²) in [5, 5.41) is 20.7. The lowest BCUT2D eigenvalue weighted by atomic mass is 10.1. The Morgan fingerprint density at radius 3 is 2.24 bits per heavy atom. The van der Waals surface area contributed by atoms with E-state index >= 15 is 0 Å². The van der Waals surface area contributed by atoms with Crippen molar-refractivity contribution < 1.29 is 50.5 Å². The SMILES string of the molecule is Cc1ccc(-c2cc(C(F)(F)F)nn2-c2ccc(S(=O)(=O)NC(=O)OC[C@H](C(C)C)N(C)/[N+]([O-])=N/OC(C)OC(=O)c3ccccc3)cc2)cc1. The lowest BCUT2D eigenvalue weighted by Crippen LogP contribution is -2.45. The van der Waals surface area contributed by atoms with Crippen molar-refractivity contribution in [3.63, 3.8) is 0 Å². The minimum atomic E-state index is -4.73. The van der Waals surface area contributed by atoms with E-state index in [4.69, 9.17) is 14.3 Å². The Labute approximate surface area is 291 Å². The molecule has 4 aromatic rings. The third-order valence-corrected chi connectivity index (χ3v) is 8.74. The van der Waals surface area contributed by atoms with Gasteiger partial charge in [0.1, 0.15) is 12.6 Å². The number of likely N-dealkylation sites (N-methyl/N-ethyl adjacent to an activating group) is 1. The zero-order chi connectivity index (χ0) is 37.5. The van der Waals surface area contributed by atoms with Crippen LogP contribution in [0.25, 0.3) is 16.9 Å². The molecule has 0 spiro atoms. The van der Waals surface area contributed by atoms with Crippen LogP contribution in [0.5, 0.6) is 0 Å². The van der Waals surface area contributed by atoms with Crippen LogP contribution >= 0.6 is 0 Å². The average Bonchev–Trinajstić information content (AvgIpc) is 3.54. The van der Waals surface area contributed by atoms with Crippen LogP contribution in [0.3, 0.4) is 0 Å². The monoisotopic (exact) mass is 732 g/mol. The number of amides is 1. The Hall–Kier alpha value is -5.65. The molecule has 0 aliphatic rings. The fraction of sp³-hybridized carbons (Fsp3) is 0.303. The summed E-state index contributed by atoms with van der Waals surface area (Å²) in [6.45, 7) is 6.15. The summed E-state index contributed by atoms with van der Waals surface area (Å²) in [7, 11) is -3.17. The molecule has 1 amide bonds. The van der Waals surface area contributed by atoms with Crippen LogP contribution in [-0.4, -0.2) is 66.2 Å². The summed E-state index contributed by atoms with van der Waals surface area (Å²) in [6.07, 6.45) is -7.31. The van der Waals surface area contributed by atoms with E-state index in [-0.39, 0.29) is 32.7 Å². The minimum Gasteiger partial charge on any atom is -0.569 e. The number of ether oxygens (including phenoxy) is 2. The zero-order valence-corrected chi connectivity index (χ0v) is 28.9. The van der Waals surface area contributed by atoms with Gasteiger partial charge in [0, 0.05) is 12.5 Å². The van der Waals surface area contributed by atoms with Crippen molar-refractivity contribution in [3.05, 3.63) is 107 Å². The Balaban J connectivity index is 1.39. The van der Waals surface area contributed by atoms with Crippen LogP contribution < -0.4 is 4.72 Å². The van der Waals surface area contributed by atoms with Crippen molar-refractivity contribution in [3.8, 4) is 16.9 Å². The highest BCUT2D eigenvalue weighted by Gasteiger charge is 2.35. The minimum absolute atomic E-state index is 0.0542. The highest BCUT2D eigenvalue weighted by Crippen LogP contribution is 2.33. The van der Waals surface area contributed by atoms with Gasteiger partial charge in [0.2, 0.25) is 5.28 Å². The first-order valence-electron chi connectivity index (χ1n) is 15.3. The molecule has 272 valence electrons. The molecule has 1 N–H and O–H groups in total. The third kappa shape index (κ3) is 9.96. The molecule has 1 heterocycles. The number of alkyl halides is 3. The molecule has 1 unspecified atom stereocenters. The number of aryl methyl sites for hydroxylation is 1. The predicted octanol–water partition coefficient (Wildman–Crippen LogP) is 6.25. The first kappa shape index (κ1) is 38.2. The number of nitrogens with zero attached hydrogens (tertiary/aromatic N) is 5. The van der Waals surface area contributed by atoms with Gasteiger partial charge in [0.05, 0.1) is 33.9 Å². The second-order valence-electron chi connectivity index (χ2n) is 11.6. The maximum atomic E-state index is 13.6. The maximum Gasteiger partial charge on any atom is 0.435 e. The van der Waals surface area contributed by atoms with E-state index in [9.17, 15) is 36.4 Å². The molecule has 0 aliphatic heterocycles. The summed E-state index contributed by atoms with van der Waals surface area (Å²) in [5.41, 5.74) is 0.742. The van der Waals surface area contributed by atoms with Gasteiger partial charge >= 0.3 is 18.2 Å². The van der Waals surface area contributed by atoms with Crippen LogP contribution in [0.2, 0.25) is 0 Å². The molecule has 0 aliphatic carbocycles. The second-order valence-corrected chi connectivity index (χ2v) is 13.2. The quantitative estimate of drug-likeness (QED) is 0.0546. The fourth-order valence-electron chi connectivity index (χ4n) is 4.61. The van der Waals surface area contributed by atoms with Crippen molar-refractivity contribution in [1.29, 1.82) is 0 Å². The molecule has 2 atom stereocenters. The van der Waals surface area contributed by atoms with E-state index in [0.717, 1.165) is 33.5 Å². The number of rotatable bonds is 13. The first-order chi connectivity index (χ1) is 24.0. The van der Waals surface area contributed by atoms with Crippen molar-refractivity contribution in [2.24, 2.45) is 11.2 Å². The molecule has 0 fully saturated rings. The van der Waals surface area contributed by atoms with Gasteiger partial charge < -0.3 is 14.7 Å². The average molecular weight is 733 g/mol. The largest absolute Gasteiger partial charge is 0.569 e. The molecule has 0 saturated heterocycles. The predicted molar refractivity (Wildman–Crippen MR) is 175 cm³/mol. The van der Waals surface area contributed by atoms with Crippen molar-refractivity contribution in [2.45, 2.75) is 51.1 Å². The van der Waals surface area contributed by atoms with Gasteiger partial charge in [-0.3, -0.25) is 4.84 Å². The highest BCUT2D eigenvalue weighted by atomic mass is 32.2. The Kier molecular flexibility index (Phi) is 11.9. The summed E-state index contributed by atoms with van der Waals surface area (Å²) in [4.78, 5) is 29.4. The van der Waals surface area contributed by atoms with Gasteiger partial charge in [-0.25, -0.2) is 27.4 Å². The number of carbonyl (C=O) groups is 2. The van der Waals surface area contributed by atoms with Gasteiger partial charge in [-0.1, -0.05) is 61.9 Å². The highest BCUT2D eigenvalue weighted by molar-refractivity contribution is 7.90. The summed E-state index contributed by atoms with van der Waals surface area (Å²) in [6, 6.07) is 19.6. The lowest BCUT2D eigenvalue weighted by Gasteiger charge is -2.26. The van der Waals surface area contributed by atoms with E-state index in [2.05, 4.69) is 10.4 Å². The molecule has 3 aromatic carbocycles. The molecule has 0 radical (unpaired) electrons. The topological polar surface area (TPSA) is 167 Å². The molecule has 4 rings (SSSR count). The van der Waals surface area contributed by atoms with Crippen molar-refractivity contribution in [2.75, 3.05) is 13.7 Å². The number of benzene rings is 3. The number of esters is 1. The molecule has 0 bridgehead atoms. The standard InChI is InChI=1S/C33H35F3N6O8S/c1-21(2)29(40(5)42(45)39-50-23(4)49-31(43)25-9-7-6-8-10-25)20-48-32(44)38-51(46,47)27-17-15-26(16-18-27)41-28(19-30(37-41)33(34,35)36)24-13-11-22(3)12-14-24/h6-19,21,23,29H,20H2,1-5H3,(H,38,44)/b42-39-/t23?,29-/m1/s1. The number of sulfonamides is 1. The number of carbonyl (C=O) groups excluding carboxylic acids is 2. The fourth-order valence-corrected chi connectivity index (χ4v) is 5.50. The summed E-state index contributed by atoms with van der Waals surface area (Å²) >= 11 is 0. The normalized spacial score (nSPS) is 13.3. The van der Waals surface area contributed by atoms with Crippen LogP contribution in [0.15, 0.2) is 95.1 Å². The Morgan fingerprint density at radius 1 is 1.02 bits per heavy atom. The van der Waals surface area contributed by atoms with Crippen LogP contribution in [0, 0.1) is 18.0 Å².